The van der Waals surface area contributed by atoms with Gasteiger partial charge in [0.25, 0.3) is 0 Å². The molecule has 0 spiro atoms. The standard InChI is InChI=1S/C20H20O5/c1-22-15-6-5-12-9-14(4-3-13(12)10-15)18(21)16-7-8-17(23-2)20-19(16)24-11-25-20/h5-8,10,14H,3-4,9,11H2,1-2H3. The van der Waals surface area contributed by atoms with E-state index in [0.29, 0.717) is 22.8 Å². The first-order chi connectivity index (χ1) is 12.2. The highest BCUT2D eigenvalue weighted by atomic mass is 16.7. The highest BCUT2D eigenvalue weighted by Crippen LogP contribution is 2.44. The van der Waals surface area contributed by atoms with Crippen molar-refractivity contribution in [1.82, 2.24) is 0 Å². The Morgan fingerprint density at radius 1 is 1.04 bits per heavy atom. The minimum Gasteiger partial charge on any atom is -0.497 e. The van der Waals surface area contributed by atoms with Crippen LogP contribution >= 0.6 is 0 Å². The number of carbonyl (C=O) groups is 1. The molecule has 2 aromatic rings. The third kappa shape index (κ3) is 2.69. The first-order valence-corrected chi connectivity index (χ1v) is 8.38. The van der Waals surface area contributed by atoms with Crippen LogP contribution in [0, 0.1) is 5.92 Å². The van der Waals surface area contributed by atoms with Crippen LogP contribution in [0.2, 0.25) is 0 Å². The van der Waals surface area contributed by atoms with Gasteiger partial charge in [0, 0.05) is 5.92 Å². The highest BCUT2D eigenvalue weighted by molar-refractivity contribution is 6.02. The van der Waals surface area contributed by atoms with Gasteiger partial charge in [-0.3, -0.25) is 4.79 Å². The van der Waals surface area contributed by atoms with E-state index in [4.69, 9.17) is 18.9 Å². The minimum atomic E-state index is -0.0532. The predicted molar refractivity (Wildman–Crippen MR) is 92.0 cm³/mol. The Morgan fingerprint density at radius 3 is 2.68 bits per heavy atom. The smallest absolute Gasteiger partial charge is 0.231 e. The van der Waals surface area contributed by atoms with E-state index in [-0.39, 0.29) is 18.5 Å². The van der Waals surface area contributed by atoms with Gasteiger partial charge in [0.15, 0.2) is 17.3 Å². The molecule has 0 saturated carbocycles. The molecule has 0 aromatic heterocycles. The number of hydrogen-bond donors (Lipinski definition) is 0. The fraction of sp³-hybridized carbons (Fsp3) is 0.350. The van der Waals surface area contributed by atoms with E-state index >= 15 is 0 Å². The van der Waals surface area contributed by atoms with Gasteiger partial charge in [0.2, 0.25) is 12.5 Å². The second kappa shape index (κ2) is 6.31. The summed E-state index contributed by atoms with van der Waals surface area (Å²) in [5.41, 5.74) is 3.06. The molecule has 5 nitrogen and oxygen atoms in total. The summed E-state index contributed by atoms with van der Waals surface area (Å²) >= 11 is 0. The second-order valence-corrected chi connectivity index (χ2v) is 6.32. The molecule has 0 N–H and O–H groups in total. The van der Waals surface area contributed by atoms with Crippen LogP contribution in [0.5, 0.6) is 23.0 Å². The molecule has 0 amide bonds. The Labute approximate surface area is 146 Å². The Kier molecular flexibility index (Phi) is 3.99. The number of ketones is 1. The van der Waals surface area contributed by atoms with E-state index in [1.54, 1.807) is 26.4 Å². The molecular formula is C20H20O5. The quantitative estimate of drug-likeness (QED) is 0.798. The highest BCUT2D eigenvalue weighted by Gasteiger charge is 2.31. The molecule has 130 valence electrons. The van der Waals surface area contributed by atoms with Crippen molar-refractivity contribution in [2.75, 3.05) is 21.0 Å². The summed E-state index contributed by atoms with van der Waals surface area (Å²) < 4.78 is 21.6. The Hall–Kier alpha value is -2.69. The molecule has 2 aliphatic rings. The van der Waals surface area contributed by atoms with Gasteiger partial charge in [-0.05, 0) is 54.7 Å². The van der Waals surface area contributed by atoms with E-state index in [0.717, 1.165) is 25.0 Å². The summed E-state index contributed by atoms with van der Waals surface area (Å²) in [5.74, 6) is 2.53. The fourth-order valence-electron chi connectivity index (χ4n) is 3.63. The third-order valence-corrected chi connectivity index (χ3v) is 4.98. The molecule has 1 atom stereocenters. The van der Waals surface area contributed by atoms with Crippen molar-refractivity contribution in [3.05, 3.63) is 47.0 Å². The summed E-state index contributed by atoms with van der Waals surface area (Å²) in [6.07, 6.45) is 2.43. The maximum absolute atomic E-state index is 13.1. The summed E-state index contributed by atoms with van der Waals surface area (Å²) in [7, 11) is 3.24. The van der Waals surface area contributed by atoms with Crippen LogP contribution in [0.4, 0.5) is 0 Å². The van der Waals surface area contributed by atoms with Crippen LogP contribution in [0.15, 0.2) is 30.3 Å². The number of aryl methyl sites for hydroxylation is 1. The number of rotatable bonds is 4. The summed E-state index contributed by atoms with van der Waals surface area (Å²) in [5, 5.41) is 0. The maximum atomic E-state index is 13.1. The van der Waals surface area contributed by atoms with Gasteiger partial charge in [-0.25, -0.2) is 0 Å². The lowest BCUT2D eigenvalue weighted by Gasteiger charge is -2.24. The molecule has 1 heterocycles. The normalized spacial score (nSPS) is 17.8. The second-order valence-electron chi connectivity index (χ2n) is 6.32. The molecule has 0 fully saturated rings. The first kappa shape index (κ1) is 15.8. The molecule has 1 aliphatic heterocycles. The predicted octanol–water partition coefficient (Wildman–Crippen LogP) is 3.42. The van der Waals surface area contributed by atoms with Gasteiger partial charge < -0.3 is 18.9 Å². The summed E-state index contributed by atoms with van der Waals surface area (Å²) in [4.78, 5) is 13.1. The van der Waals surface area contributed by atoms with Crippen LogP contribution < -0.4 is 18.9 Å². The number of fused-ring (bicyclic) bond motifs is 2. The lowest BCUT2D eigenvalue weighted by atomic mass is 9.80. The number of methoxy groups -OCH3 is 2. The average molecular weight is 340 g/mol. The van der Waals surface area contributed by atoms with Crippen molar-refractivity contribution >= 4 is 5.78 Å². The number of benzene rings is 2. The van der Waals surface area contributed by atoms with Crippen molar-refractivity contribution in [2.45, 2.75) is 19.3 Å². The molecule has 0 saturated heterocycles. The molecule has 25 heavy (non-hydrogen) atoms. The lowest BCUT2D eigenvalue weighted by Crippen LogP contribution is -2.23. The van der Waals surface area contributed by atoms with Crippen molar-refractivity contribution in [1.29, 1.82) is 0 Å². The zero-order valence-electron chi connectivity index (χ0n) is 14.3. The summed E-state index contributed by atoms with van der Waals surface area (Å²) in [6, 6.07) is 9.62. The minimum absolute atomic E-state index is 0.0532. The van der Waals surface area contributed by atoms with Crippen LogP contribution in [0.3, 0.4) is 0 Å². The van der Waals surface area contributed by atoms with Gasteiger partial charge in [-0.2, -0.15) is 0 Å². The van der Waals surface area contributed by atoms with Crippen LogP contribution in [0.1, 0.15) is 27.9 Å². The number of ether oxygens (including phenoxy) is 4. The Bertz CT molecular complexity index is 827. The number of carbonyl (C=O) groups excluding carboxylic acids is 1. The third-order valence-electron chi connectivity index (χ3n) is 4.98. The van der Waals surface area contributed by atoms with Crippen LogP contribution in [-0.4, -0.2) is 26.8 Å². The Balaban J connectivity index is 1.61. The average Bonchev–Trinajstić information content (AvgIpc) is 3.15. The Morgan fingerprint density at radius 2 is 1.88 bits per heavy atom. The lowest BCUT2D eigenvalue weighted by molar-refractivity contribution is 0.0904. The van der Waals surface area contributed by atoms with Gasteiger partial charge in [0.05, 0.1) is 19.8 Å². The molecule has 0 radical (unpaired) electrons. The number of hydrogen-bond acceptors (Lipinski definition) is 5. The van der Waals surface area contributed by atoms with E-state index in [9.17, 15) is 4.79 Å². The van der Waals surface area contributed by atoms with Gasteiger partial charge in [0.1, 0.15) is 5.75 Å². The van der Waals surface area contributed by atoms with E-state index in [1.807, 2.05) is 6.07 Å². The molecule has 1 unspecified atom stereocenters. The first-order valence-electron chi connectivity index (χ1n) is 8.38. The van der Waals surface area contributed by atoms with Crippen molar-refractivity contribution in [2.24, 2.45) is 5.92 Å². The fourth-order valence-corrected chi connectivity index (χ4v) is 3.63. The van der Waals surface area contributed by atoms with E-state index < -0.39 is 0 Å². The molecule has 5 heteroatoms. The molecule has 2 aromatic carbocycles. The SMILES string of the molecule is COc1ccc2c(c1)CCC(C(=O)c1ccc(OC)c3c1OCO3)C2. The molecule has 0 bridgehead atoms. The van der Waals surface area contributed by atoms with Crippen molar-refractivity contribution in [3.63, 3.8) is 0 Å². The van der Waals surface area contributed by atoms with Crippen LogP contribution in [-0.2, 0) is 12.8 Å². The van der Waals surface area contributed by atoms with Crippen molar-refractivity contribution in [3.8, 4) is 23.0 Å². The maximum Gasteiger partial charge on any atom is 0.231 e. The summed E-state index contributed by atoms with van der Waals surface area (Å²) in [6.45, 7) is 0.114. The largest absolute Gasteiger partial charge is 0.497 e. The van der Waals surface area contributed by atoms with Gasteiger partial charge >= 0.3 is 0 Å². The zero-order valence-corrected chi connectivity index (χ0v) is 14.3. The monoisotopic (exact) mass is 340 g/mol. The van der Waals surface area contributed by atoms with E-state index in [2.05, 4.69) is 12.1 Å². The zero-order chi connectivity index (χ0) is 17.4. The van der Waals surface area contributed by atoms with Crippen molar-refractivity contribution < 1.29 is 23.7 Å². The van der Waals surface area contributed by atoms with Gasteiger partial charge in [-0.1, -0.05) is 6.07 Å². The topological polar surface area (TPSA) is 54.0 Å². The molecular weight excluding hydrogens is 320 g/mol. The molecule has 1 aliphatic carbocycles. The molecule has 4 rings (SSSR count). The number of Topliss-reactive ketones (excluding diaryl/α,β-unsaturated/α-hetero) is 1. The van der Waals surface area contributed by atoms with E-state index in [1.165, 1.54) is 11.1 Å². The van der Waals surface area contributed by atoms with Crippen LogP contribution in [0.25, 0.3) is 0 Å². The van der Waals surface area contributed by atoms with Gasteiger partial charge in [-0.15, -0.1) is 0 Å².